The summed E-state index contributed by atoms with van der Waals surface area (Å²) in [6.45, 7) is 7.37. The number of nitro groups is 1. The van der Waals surface area contributed by atoms with Gasteiger partial charge in [-0.15, -0.1) is 0 Å². The lowest BCUT2D eigenvalue weighted by Gasteiger charge is -2.19. The minimum Gasteiger partial charge on any atom is -0.490 e. The van der Waals surface area contributed by atoms with Crippen molar-refractivity contribution in [1.29, 1.82) is 0 Å². The number of nitrogens with one attached hydrogen (secondary N) is 2. The maximum atomic E-state index is 14.1. The molecule has 11 heteroatoms. The van der Waals surface area contributed by atoms with Gasteiger partial charge in [-0.05, 0) is 63.6 Å². The molecule has 0 saturated heterocycles. The normalized spacial score (nSPS) is 11.2. The third-order valence-electron chi connectivity index (χ3n) is 7.02. The van der Waals surface area contributed by atoms with E-state index in [9.17, 15) is 19.7 Å². The summed E-state index contributed by atoms with van der Waals surface area (Å²) in [5.41, 5.74) is 2.03. The lowest BCUT2D eigenvalue weighted by atomic mass is 9.84. The Morgan fingerprint density at radius 2 is 1.26 bits per heavy atom. The number of ether oxygens (including phenoxy) is 2. The Morgan fingerprint density at radius 3 is 1.69 bits per heavy atom. The van der Waals surface area contributed by atoms with E-state index in [1.807, 2.05) is 36.4 Å². The molecule has 0 atom stereocenters. The van der Waals surface area contributed by atoms with Crippen LogP contribution in [0.5, 0.6) is 11.5 Å². The standard InChI is InChI=1S/C31H31N5O6/c1-5-41-25-18-21(17-24(36(39)40)29(25)42-6-2)28(26-19(3)32-34(30(26)37)22-13-9-7-10-14-22)27-20(4)33-35(31(27)38)23-15-11-8-12-16-23/h7-18,28,32-33H,5-6H2,1-4H3. The molecular formula is C31H31N5O6. The third kappa shape index (κ3) is 5.00. The SMILES string of the molecule is CCOc1cc(C(c2c(C)[nH]n(-c3ccccc3)c2=O)c2c(C)[nH]n(-c3ccccc3)c2=O)cc([N+](=O)[O-])c1OCC. The van der Waals surface area contributed by atoms with Gasteiger partial charge < -0.3 is 9.47 Å². The van der Waals surface area contributed by atoms with Crippen LogP contribution in [0.1, 0.15) is 47.8 Å². The van der Waals surface area contributed by atoms with Crippen molar-refractivity contribution in [3.8, 4) is 22.9 Å². The molecule has 0 radical (unpaired) electrons. The summed E-state index contributed by atoms with van der Waals surface area (Å²) in [6.07, 6.45) is 0. The van der Waals surface area contributed by atoms with Gasteiger partial charge in [0.15, 0.2) is 5.75 Å². The first-order chi connectivity index (χ1) is 20.3. The molecule has 0 aliphatic heterocycles. The lowest BCUT2D eigenvalue weighted by Crippen LogP contribution is -2.25. The number of hydrogen-bond donors (Lipinski definition) is 2. The summed E-state index contributed by atoms with van der Waals surface area (Å²) in [4.78, 5) is 39.9. The molecule has 3 aromatic carbocycles. The minimum atomic E-state index is -0.985. The Labute approximate surface area is 241 Å². The van der Waals surface area contributed by atoms with Crippen LogP contribution < -0.4 is 20.6 Å². The fourth-order valence-corrected chi connectivity index (χ4v) is 5.26. The summed E-state index contributed by atoms with van der Waals surface area (Å²) in [6, 6.07) is 21.1. The topological polar surface area (TPSA) is 137 Å². The largest absolute Gasteiger partial charge is 0.490 e. The molecular weight excluding hydrogens is 538 g/mol. The highest BCUT2D eigenvalue weighted by Crippen LogP contribution is 2.43. The van der Waals surface area contributed by atoms with Gasteiger partial charge in [-0.25, -0.2) is 9.36 Å². The van der Waals surface area contributed by atoms with Crippen LogP contribution in [0.4, 0.5) is 5.69 Å². The summed E-state index contributed by atoms with van der Waals surface area (Å²) < 4.78 is 14.2. The van der Waals surface area contributed by atoms with Crippen molar-refractivity contribution < 1.29 is 14.4 Å². The first kappa shape index (κ1) is 28.2. The van der Waals surface area contributed by atoms with Gasteiger partial charge in [-0.1, -0.05) is 36.4 Å². The highest BCUT2D eigenvalue weighted by molar-refractivity contribution is 5.61. The quantitative estimate of drug-likeness (QED) is 0.176. The number of nitrogens with zero attached hydrogens (tertiary/aromatic N) is 3. The van der Waals surface area contributed by atoms with Crippen molar-refractivity contribution in [2.75, 3.05) is 13.2 Å². The van der Waals surface area contributed by atoms with Crippen molar-refractivity contribution in [2.24, 2.45) is 0 Å². The molecule has 0 fully saturated rings. The van der Waals surface area contributed by atoms with E-state index >= 15 is 0 Å². The number of aromatic nitrogens is 4. The number of rotatable bonds is 10. The maximum Gasteiger partial charge on any atom is 0.315 e. The highest BCUT2D eigenvalue weighted by atomic mass is 16.6. The number of aromatic amines is 2. The molecule has 2 aromatic heterocycles. The van der Waals surface area contributed by atoms with Gasteiger partial charge in [0.25, 0.3) is 11.1 Å². The van der Waals surface area contributed by atoms with Crippen molar-refractivity contribution >= 4 is 5.69 Å². The average Bonchev–Trinajstić information content (AvgIpc) is 3.45. The first-order valence-corrected chi connectivity index (χ1v) is 13.6. The van der Waals surface area contributed by atoms with Crippen molar-refractivity contribution in [2.45, 2.75) is 33.6 Å². The second kappa shape index (κ2) is 11.7. The maximum absolute atomic E-state index is 14.1. The number of benzene rings is 3. The zero-order chi connectivity index (χ0) is 30.0. The summed E-state index contributed by atoms with van der Waals surface area (Å²) in [7, 11) is 0. The number of para-hydroxylation sites is 2. The van der Waals surface area contributed by atoms with Crippen LogP contribution in [0.15, 0.2) is 82.4 Å². The van der Waals surface area contributed by atoms with Crippen LogP contribution in [0, 0.1) is 24.0 Å². The summed E-state index contributed by atoms with van der Waals surface area (Å²) in [5.74, 6) is -0.838. The molecule has 42 heavy (non-hydrogen) atoms. The molecule has 0 spiro atoms. The fourth-order valence-electron chi connectivity index (χ4n) is 5.26. The van der Waals surface area contributed by atoms with E-state index < -0.39 is 10.8 Å². The van der Waals surface area contributed by atoms with Crippen LogP contribution in [0.3, 0.4) is 0 Å². The van der Waals surface area contributed by atoms with E-state index in [0.717, 1.165) is 0 Å². The molecule has 0 amide bonds. The van der Waals surface area contributed by atoms with E-state index in [4.69, 9.17) is 9.47 Å². The van der Waals surface area contributed by atoms with Gasteiger partial charge in [0.2, 0.25) is 5.75 Å². The number of hydrogen-bond acceptors (Lipinski definition) is 6. The predicted octanol–water partition coefficient (Wildman–Crippen LogP) is 5.15. The van der Waals surface area contributed by atoms with Crippen LogP contribution in [0.2, 0.25) is 0 Å². The second-order valence-electron chi connectivity index (χ2n) is 9.68. The molecule has 5 aromatic rings. The fraction of sp³-hybridized carbons (Fsp3) is 0.226. The molecule has 0 bridgehead atoms. The molecule has 0 aliphatic carbocycles. The van der Waals surface area contributed by atoms with Gasteiger partial charge in [-0.2, -0.15) is 0 Å². The lowest BCUT2D eigenvalue weighted by molar-refractivity contribution is -0.386. The van der Waals surface area contributed by atoms with Crippen molar-refractivity contribution in [1.82, 2.24) is 19.6 Å². The Bertz CT molecular complexity index is 1750. The Hall–Kier alpha value is -5.32. The summed E-state index contributed by atoms with van der Waals surface area (Å²) in [5, 5.41) is 18.5. The second-order valence-corrected chi connectivity index (χ2v) is 9.68. The monoisotopic (exact) mass is 569 g/mol. The number of H-pyrrole nitrogens is 2. The van der Waals surface area contributed by atoms with E-state index in [2.05, 4.69) is 10.2 Å². The number of nitro benzene ring substituents is 1. The molecule has 2 heterocycles. The van der Waals surface area contributed by atoms with Gasteiger partial charge in [0.1, 0.15) is 0 Å². The van der Waals surface area contributed by atoms with Crippen LogP contribution in [-0.2, 0) is 0 Å². The Morgan fingerprint density at radius 1 is 0.786 bits per heavy atom. The first-order valence-electron chi connectivity index (χ1n) is 13.6. The van der Waals surface area contributed by atoms with Gasteiger partial charge in [-0.3, -0.25) is 29.9 Å². The van der Waals surface area contributed by atoms with E-state index in [0.29, 0.717) is 28.3 Å². The highest BCUT2D eigenvalue weighted by Gasteiger charge is 2.34. The molecule has 5 rings (SSSR count). The summed E-state index contributed by atoms with van der Waals surface area (Å²) >= 11 is 0. The predicted molar refractivity (Wildman–Crippen MR) is 159 cm³/mol. The smallest absolute Gasteiger partial charge is 0.315 e. The van der Waals surface area contributed by atoms with E-state index in [1.165, 1.54) is 15.4 Å². The molecule has 2 N–H and O–H groups in total. The average molecular weight is 570 g/mol. The van der Waals surface area contributed by atoms with E-state index in [-0.39, 0.29) is 52.6 Å². The Kier molecular flexibility index (Phi) is 7.83. The van der Waals surface area contributed by atoms with Gasteiger partial charge >= 0.3 is 5.69 Å². The van der Waals surface area contributed by atoms with Crippen molar-refractivity contribution in [3.05, 3.63) is 132 Å². The van der Waals surface area contributed by atoms with Gasteiger partial charge in [0.05, 0.1) is 40.6 Å². The molecule has 0 aliphatic rings. The van der Waals surface area contributed by atoms with E-state index in [1.54, 1.807) is 58.0 Å². The number of aryl methyl sites for hydroxylation is 2. The molecule has 0 saturated carbocycles. The zero-order valence-corrected chi connectivity index (χ0v) is 23.7. The van der Waals surface area contributed by atoms with Crippen LogP contribution in [0.25, 0.3) is 11.4 Å². The minimum absolute atomic E-state index is 0.00757. The molecule has 11 nitrogen and oxygen atoms in total. The third-order valence-corrected chi connectivity index (χ3v) is 7.02. The molecule has 0 unspecified atom stereocenters. The van der Waals surface area contributed by atoms with Crippen LogP contribution >= 0.6 is 0 Å². The zero-order valence-electron chi connectivity index (χ0n) is 23.7. The van der Waals surface area contributed by atoms with Crippen LogP contribution in [-0.4, -0.2) is 37.7 Å². The van der Waals surface area contributed by atoms with Crippen molar-refractivity contribution in [3.63, 3.8) is 0 Å². The van der Waals surface area contributed by atoms with Gasteiger partial charge in [0, 0.05) is 23.4 Å². The molecule has 216 valence electrons. The Balaban J connectivity index is 1.85.